The van der Waals surface area contributed by atoms with Crippen LogP contribution in [0.25, 0.3) is 5.76 Å². The summed E-state index contributed by atoms with van der Waals surface area (Å²) in [5.74, 6) is -2.66. The minimum absolute atomic E-state index is 0.0744. The summed E-state index contributed by atoms with van der Waals surface area (Å²) in [5.41, 5.74) is 2.06. The van der Waals surface area contributed by atoms with Crippen LogP contribution < -0.4 is 9.64 Å². The molecule has 39 heavy (non-hydrogen) atoms. The molecule has 1 aliphatic heterocycles. The van der Waals surface area contributed by atoms with Crippen molar-refractivity contribution in [2.75, 3.05) is 19.1 Å². The van der Waals surface area contributed by atoms with Crippen molar-refractivity contribution in [1.29, 1.82) is 0 Å². The first-order valence-electron chi connectivity index (χ1n) is 12.0. The third-order valence-electron chi connectivity index (χ3n) is 6.57. The number of ketones is 1. The van der Waals surface area contributed by atoms with E-state index in [1.165, 1.54) is 43.4 Å². The molecule has 0 spiro atoms. The quantitative estimate of drug-likeness (QED) is 0.159. The number of Topliss-reactive ketones (excluding diaryl/α,β-unsaturated/α-hetero) is 1. The van der Waals surface area contributed by atoms with Gasteiger partial charge in [0.2, 0.25) is 0 Å². The standard InChI is InChI=1S/C30H27Cl2NO6/c1-30(2,3)18-10-6-16(7-11-18)24-23(25(34)21-14-19(31)15-22(32)27(21)38-4)26(35)28(36)33(24)20-12-8-17(9-13-20)29(37)39-5/h6-15,24,34H,1-5H3/b25-23+. The first-order chi connectivity index (χ1) is 18.4. The molecule has 1 N–H and O–H groups in total. The number of methoxy groups -OCH3 is 2. The van der Waals surface area contributed by atoms with Crippen LogP contribution in [0.4, 0.5) is 5.69 Å². The molecule has 0 aliphatic carbocycles. The zero-order valence-corrected chi connectivity index (χ0v) is 23.6. The van der Waals surface area contributed by atoms with Gasteiger partial charge >= 0.3 is 5.97 Å². The molecule has 202 valence electrons. The Hall–Kier alpha value is -3.81. The van der Waals surface area contributed by atoms with Gasteiger partial charge in [0.25, 0.3) is 11.7 Å². The van der Waals surface area contributed by atoms with Gasteiger partial charge in [-0.3, -0.25) is 14.5 Å². The number of amides is 1. The second-order valence-electron chi connectivity index (χ2n) is 10.0. The molecule has 1 atom stereocenters. The Labute approximate surface area is 236 Å². The summed E-state index contributed by atoms with van der Waals surface area (Å²) in [4.78, 5) is 40.2. The first kappa shape index (κ1) is 28.2. The molecule has 1 aliphatic rings. The van der Waals surface area contributed by atoms with Crippen molar-refractivity contribution in [2.45, 2.75) is 32.2 Å². The van der Waals surface area contributed by atoms with Crippen molar-refractivity contribution in [3.63, 3.8) is 0 Å². The molecule has 3 aromatic carbocycles. The van der Waals surface area contributed by atoms with Gasteiger partial charge in [-0.2, -0.15) is 0 Å². The normalized spacial score (nSPS) is 16.9. The van der Waals surface area contributed by atoms with Gasteiger partial charge in [0.15, 0.2) is 0 Å². The van der Waals surface area contributed by atoms with E-state index >= 15 is 0 Å². The SMILES string of the molecule is COC(=O)c1ccc(N2C(=O)C(=O)/C(=C(/O)c3cc(Cl)cc(Cl)c3OC)C2c2ccc(C(C)(C)C)cc2)cc1. The van der Waals surface area contributed by atoms with E-state index in [4.69, 9.17) is 32.7 Å². The van der Waals surface area contributed by atoms with Crippen LogP contribution in [0.5, 0.6) is 5.75 Å². The number of benzene rings is 3. The van der Waals surface area contributed by atoms with Gasteiger partial charge in [-0.15, -0.1) is 0 Å². The molecule has 1 heterocycles. The number of aliphatic hydroxyl groups excluding tert-OH is 1. The zero-order chi connectivity index (χ0) is 28.6. The Bertz CT molecular complexity index is 1490. The van der Waals surface area contributed by atoms with Crippen LogP contribution in [0.1, 0.15) is 53.9 Å². The Balaban J connectivity index is 1.96. The lowest BCUT2D eigenvalue weighted by atomic mass is 9.85. The number of aliphatic hydroxyl groups is 1. The Kier molecular flexibility index (Phi) is 7.77. The van der Waals surface area contributed by atoms with E-state index < -0.39 is 29.5 Å². The molecule has 1 amide bonds. The number of rotatable bonds is 5. The minimum Gasteiger partial charge on any atom is -0.507 e. The highest BCUT2D eigenvalue weighted by molar-refractivity contribution is 6.52. The summed E-state index contributed by atoms with van der Waals surface area (Å²) in [6, 6.07) is 15.5. The topological polar surface area (TPSA) is 93.1 Å². The highest BCUT2D eigenvalue weighted by atomic mass is 35.5. The summed E-state index contributed by atoms with van der Waals surface area (Å²) >= 11 is 12.5. The van der Waals surface area contributed by atoms with E-state index in [2.05, 4.69) is 20.8 Å². The number of halogens is 2. The predicted octanol–water partition coefficient (Wildman–Crippen LogP) is 6.71. The molecule has 0 aromatic heterocycles. The van der Waals surface area contributed by atoms with Crippen molar-refractivity contribution in [2.24, 2.45) is 0 Å². The molecular formula is C30H27Cl2NO6. The maximum atomic E-state index is 13.5. The van der Waals surface area contributed by atoms with Crippen LogP contribution in [0, 0.1) is 0 Å². The van der Waals surface area contributed by atoms with Gasteiger partial charge in [-0.1, -0.05) is 68.2 Å². The zero-order valence-electron chi connectivity index (χ0n) is 22.0. The van der Waals surface area contributed by atoms with Crippen LogP contribution in [-0.2, 0) is 19.7 Å². The van der Waals surface area contributed by atoms with Crippen molar-refractivity contribution in [3.8, 4) is 5.75 Å². The van der Waals surface area contributed by atoms with Crippen molar-refractivity contribution >= 4 is 52.3 Å². The Morgan fingerprint density at radius 2 is 1.56 bits per heavy atom. The Morgan fingerprint density at radius 3 is 2.10 bits per heavy atom. The summed E-state index contributed by atoms with van der Waals surface area (Å²) in [6.07, 6.45) is 0. The summed E-state index contributed by atoms with van der Waals surface area (Å²) in [6.45, 7) is 6.23. The predicted molar refractivity (Wildman–Crippen MR) is 151 cm³/mol. The lowest BCUT2D eigenvalue weighted by molar-refractivity contribution is -0.132. The smallest absolute Gasteiger partial charge is 0.337 e. The fourth-order valence-electron chi connectivity index (χ4n) is 4.54. The molecule has 9 heteroatoms. The van der Waals surface area contributed by atoms with Crippen LogP contribution in [-0.4, -0.2) is 37.0 Å². The van der Waals surface area contributed by atoms with Gasteiger partial charge in [0.05, 0.1) is 42.0 Å². The van der Waals surface area contributed by atoms with Crippen LogP contribution in [0.15, 0.2) is 66.2 Å². The fraction of sp³-hybridized carbons (Fsp3) is 0.233. The molecule has 7 nitrogen and oxygen atoms in total. The van der Waals surface area contributed by atoms with E-state index in [0.717, 1.165) is 5.56 Å². The molecular weight excluding hydrogens is 541 g/mol. The van der Waals surface area contributed by atoms with Crippen molar-refractivity contribution in [3.05, 3.63) is 98.5 Å². The van der Waals surface area contributed by atoms with Crippen LogP contribution >= 0.6 is 23.2 Å². The van der Waals surface area contributed by atoms with E-state index in [9.17, 15) is 19.5 Å². The monoisotopic (exact) mass is 567 g/mol. The van der Waals surface area contributed by atoms with Crippen molar-refractivity contribution in [1.82, 2.24) is 0 Å². The number of carbonyl (C=O) groups is 3. The number of anilines is 1. The maximum Gasteiger partial charge on any atom is 0.337 e. The van der Waals surface area contributed by atoms with Gasteiger partial charge in [0, 0.05) is 10.7 Å². The molecule has 3 aromatic rings. The summed E-state index contributed by atoms with van der Waals surface area (Å²) < 4.78 is 10.1. The molecule has 0 radical (unpaired) electrons. The van der Waals surface area contributed by atoms with Gasteiger partial charge in [0.1, 0.15) is 11.5 Å². The maximum absolute atomic E-state index is 13.5. The van der Waals surface area contributed by atoms with E-state index in [1.807, 2.05) is 24.3 Å². The lowest BCUT2D eigenvalue weighted by Crippen LogP contribution is -2.29. The number of esters is 1. The third-order valence-corrected chi connectivity index (χ3v) is 7.07. The van der Waals surface area contributed by atoms with Gasteiger partial charge < -0.3 is 14.6 Å². The number of carbonyl (C=O) groups excluding carboxylic acids is 3. The van der Waals surface area contributed by atoms with E-state index in [-0.39, 0.29) is 37.9 Å². The highest BCUT2D eigenvalue weighted by Gasteiger charge is 2.47. The van der Waals surface area contributed by atoms with Gasteiger partial charge in [-0.05, 0) is 52.9 Å². The summed E-state index contributed by atoms with van der Waals surface area (Å²) in [7, 11) is 2.64. The second kappa shape index (κ2) is 10.8. The number of ether oxygens (including phenoxy) is 2. The molecule has 1 unspecified atom stereocenters. The largest absolute Gasteiger partial charge is 0.507 e. The first-order valence-corrected chi connectivity index (χ1v) is 12.8. The number of hydrogen-bond donors (Lipinski definition) is 1. The summed E-state index contributed by atoms with van der Waals surface area (Å²) in [5, 5.41) is 11.9. The average molecular weight is 568 g/mol. The lowest BCUT2D eigenvalue weighted by Gasteiger charge is -2.27. The average Bonchev–Trinajstić information content (AvgIpc) is 3.17. The highest BCUT2D eigenvalue weighted by Crippen LogP contribution is 2.45. The second-order valence-corrected chi connectivity index (χ2v) is 10.9. The van der Waals surface area contributed by atoms with Crippen LogP contribution in [0.2, 0.25) is 10.0 Å². The molecule has 1 saturated heterocycles. The van der Waals surface area contributed by atoms with Crippen molar-refractivity contribution < 1.29 is 29.0 Å². The van der Waals surface area contributed by atoms with E-state index in [1.54, 1.807) is 12.1 Å². The number of hydrogen-bond acceptors (Lipinski definition) is 6. The molecule has 0 bridgehead atoms. The molecule has 0 saturated carbocycles. The third kappa shape index (κ3) is 5.24. The van der Waals surface area contributed by atoms with E-state index in [0.29, 0.717) is 11.3 Å². The van der Waals surface area contributed by atoms with Crippen LogP contribution in [0.3, 0.4) is 0 Å². The van der Waals surface area contributed by atoms with Gasteiger partial charge in [-0.25, -0.2) is 4.79 Å². The fourth-order valence-corrected chi connectivity index (χ4v) is 5.11. The minimum atomic E-state index is -0.995. The molecule has 4 rings (SSSR count). The number of nitrogens with zero attached hydrogens (tertiary/aromatic N) is 1. The molecule has 1 fully saturated rings. The Morgan fingerprint density at radius 1 is 0.949 bits per heavy atom.